The van der Waals surface area contributed by atoms with Gasteiger partial charge in [-0.25, -0.2) is 18.4 Å². The zero-order valence-corrected chi connectivity index (χ0v) is 17.9. The molecule has 2 fully saturated rings. The van der Waals surface area contributed by atoms with Crippen molar-refractivity contribution in [2.45, 2.75) is 37.5 Å². The quantitative estimate of drug-likeness (QED) is 0.690. The largest absolute Gasteiger partial charge is 0.377 e. The summed E-state index contributed by atoms with van der Waals surface area (Å²) in [6.07, 6.45) is 4.15. The van der Waals surface area contributed by atoms with Crippen LogP contribution in [-0.2, 0) is 14.6 Å². The van der Waals surface area contributed by atoms with Gasteiger partial charge in [-0.15, -0.1) is 0 Å². The molecular weight excluding hydrogens is 400 g/mol. The molecule has 1 N–H and O–H groups in total. The Hall–Kier alpha value is -2.45. The third-order valence-electron chi connectivity index (χ3n) is 6.14. The van der Waals surface area contributed by atoms with Crippen LogP contribution in [0.25, 0.3) is 22.3 Å². The lowest BCUT2D eigenvalue weighted by molar-refractivity contribution is 0.0985. The summed E-state index contributed by atoms with van der Waals surface area (Å²) >= 11 is 0. The van der Waals surface area contributed by atoms with Crippen LogP contribution in [0.15, 0.2) is 36.5 Å². The normalized spacial score (nSPS) is 24.2. The van der Waals surface area contributed by atoms with Crippen LogP contribution in [0.3, 0.4) is 0 Å². The van der Waals surface area contributed by atoms with Crippen molar-refractivity contribution in [3.8, 4) is 11.4 Å². The number of benzene rings is 1. The summed E-state index contributed by atoms with van der Waals surface area (Å²) in [6.45, 7) is 4.09. The van der Waals surface area contributed by atoms with Crippen LogP contribution in [0.1, 0.15) is 37.1 Å². The Morgan fingerprint density at radius 1 is 1.20 bits per heavy atom. The second-order valence-electron chi connectivity index (χ2n) is 8.19. The second kappa shape index (κ2) is 7.67. The van der Waals surface area contributed by atoms with Crippen molar-refractivity contribution in [1.82, 2.24) is 15.0 Å². The number of rotatable bonds is 3. The first kappa shape index (κ1) is 19.5. The average molecular weight is 427 g/mol. The van der Waals surface area contributed by atoms with Gasteiger partial charge in [0.05, 0.1) is 30.7 Å². The maximum atomic E-state index is 12.9. The van der Waals surface area contributed by atoms with Gasteiger partial charge in [0.15, 0.2) is 15.7 Å². The average Bonchev–Trinajstić information content (AvgIpc) is 3.22. The molecule has 158 valence electrons. The standard InChI is InChI=1S/C22H26N4O3S/c1-15-14-29-11-10-26(15)21-13-19(20-7-2-3-12-30(20,27)28)24-22(25-21)17-5-4-6-18-16(17)8-9-23-18/h4-6,8-9,13,15,20,23H,2-3,7,10-12,14H2,1H3/t15-,20?/m1/s1. The molecule has 4 heterocycles. The van der Waals surface area contributed by atoms with E-state index >= 15 is 0 Å². The number of sulfone groups is 1. The minimum atomic E-state index is -3.21. The zero-order valence-electron chi connectivity index (χ0n) is 17.0. The molecule has 8 heteroatoms. The molecule has 1 unspecified atom stereocenters. The van der Waals surface area contributed by atoms with E-state index in [9.17, 15) is 8.42 Å². The molecule has 2 aromatic heterocycles. The molecule has 2 aliphatic heterocycles. The number of fused-ring (bicyclic) bond motifs is 1. The number of morpholine rings is 1. The van der Waals surface area contributed by atoms with Gasteiger partial charge >= 0.3 is 0 Å². The summed E-state index contributed by atoms with van der Waals surface area (Å²) < 4.78 is 31.3. The Morgan fingerprint density at radius 3 is 2.93 bits per heavy atom. The molecular formula is C22H26N4O3S. The predicted molar refractivity (Wildman–Crippen MR) is 117 cm³/mol. The van der Waals surface area contributed by atoms with Crippen LogP contribution in [-0.4, -0.2) is 54.9 Å². The van der Waals surface area contributed by atoms with Crippen LogP contribution < -0.4 is 4.90 Å². The van der Waals surface area contributed by atoms with Crippen LogP contribution in [0, 0.1) is 0 Å². The van der Waals surface area contributed by atoms with Crippen LogP contribution in [0.4, 0.5) is 5.82 Å². The summed E-state index contributed by atoms with van der Waals surface area (Å²) in [5.41, 5.74) is 2.53. The van der Waals surface area contributed by atoms with E-state index in [4.69, 9.17) is 14.7 Å². The number of hydrogen-bond donors (Lipinski definition) is 1. The number of nitrogens with one attached hydrogen (secondary N) is 1. The Bertz CT molecular complexity index is 1170. The molecule has 0 amide bonds. The lowest BCUT2D eigenvalue weighted by Crippen LogP contribution is -2.44. The van der Waals surface area contributed by atoms with Gasteiger partial charge in [-0.2, -0.15) is 0 Å². The van der Waals surface area contributed by atoms with Crippen molar-refractivity contribution in [2.75, 3.05) is 30.4 Å². The minimum absolute atomic E-state index is 0.167. The maximum Gasteiger partial charge on any atom is 0.162 e. The van der Waals surface area contributed by atoms with Crippen molar-refractivity contribution >= 4 is 26.6 Å². The van der Waals surface area contributed by atoms with E-state index < -0.39 is 15.1 Å². The van der Waals surface area contributed by atoms with Crippen molar-refractivity contribution in [2.24, 2.45) is 0 Å². The van der Waals surface area contributed by atoms with E-state index in [1.165, 1.54) is 0 Å². The molecule has 5 rings (SSSR count). The van der Waals surface area contributed by atoms with Crippen LogP contribution in [0.2, 0.25) is 0 Å². The Balaban J connectivity index is 1.68. The van der Waals surface area contributed by atoms with E-state index in [-0.39, 0.29) is 11.8 Å². The molecule has 3 aromatic rings. The molecule has 0 bridgehead atoms. The van der Waals surface area contributed by atoms with E-state index in [1.807, 2.05) is 36.5 Å². The molecule has 0 spiro atoms. The maximum absolute atomic E-state index is 12.9. The van der Waals surface area contributed by atoms with E-state index in [2.05, 4.69) is 16.8 Å². The van der Waals surface area contributed by atoms with Crippen LogP contribution in [0.5, 0.6) is 0 Å². The molecule has 0 saturated carbocycles. The van der Waals surface area contributed by atoms with Crippen LogP contribution >= 0.6 is 0 Å². The third-order valence-corrected chi connectivity index (χ3v) is 8.34. The fraction of sp³-hybridized carbons (Fsp3) is 0.455. The van der Waals surface area contributed by atoms with Crippen molar-refractivity contribution in [3.05, 3.63) is 42.2 Å². The summed E-state index contributed by atoms with van der Waals surface area (Å²) in [4.78, 5) is 15.1. The van der Waals surface area contributed by atoms with Gasteiger partial charge in [-0.1, -0.05) is 18.6 Å². The molecule has 0 aliphatic carbocycles. The predicted octanol–water partition coefficient (Wildman–Crippen LogP) is 3.49. The second-order valence-corrected chi connectivity index (χ2v) is 10.5. The molecule has 0 radical (unpaired) electrons. The van der Waals surface area contributed by atoms with Gasteiger partial charge in [-0.05, 0) is 31.9 Å². The molecule has 7 nitrogen and oxygen atoms in total. The van der Waals surface area contributed by atoms with Gasteiger partial charge in [0, 0.05) is 35.3 Å². The Kier molecular flexibility index (Phi) is 4.99. The van der Waals surface area contributed by atoms with Gasteiger partial charge in [-0.3, -0.25) is 0 Å². The first-order valence-electron chi connectivity index (χ1n) is 10.5. The van der Waals surface area contributed by atoms with Gasteiger partial charge < -0.3 is 14.6 Å². The van der Waals surface area contributed by atoms with E-state index in [0.29, 0.717) is 31.2 Å². The number of anilines is 1. The summed E-state index contributed by atoms with van der Waals surface area (Å²) in [7, 11) is -3.21. The fourth-order valence-corrected chi connectivity index (χ4v) is 6.43. The van der Waals surface area contributed by atoms with Gasteiger partial charge in [0.25, 0.3) is 0 Å². The third kappa shape index (κ3) is 3.48. The molecule has 2 atom stereocenters. The smallest absolute Gasteiger partial charge is 0.162 e. The first-order chi connectivity index (χ1) is 14.5. The highest BCUT2D eigenvalue weighted by molar-refractivity contribution is 7.91. The lowest BCUT2D eigenvalue weighted by Gasteiger charge is -2.35. The number of aromatic nitrogens is 3. The van der Waals surface area contributed by atoms with Gasteiger partial charge in [0.2, 0.25) is 0 Å². The summed E-state index contributed by atoms with van der Waals surface area (Å²) in [5, 5.41) is 0.468. The Morgan fingerprint density at radius 2 is 2.10 bits per heavy atom. The van der Waals surface area contributed by atoms with Gasteiger partial charge in [0.1, 0.15) is 11.1 Å². The molecule has 1 aromatic carbocycles. The topological polar surface area (TPSA) is 88.2 Å². The Labute approximate surface area is 176 Å². The van der Waals surface area contributed by atoms with E-state index in [0.717, 1.165) is 41.7 Å². The molecule has 2 saturated heterocycles. The van der Waals surface area contributed by atoms with Crippen molar-refractivity contribution in [3.63, 3.8) is 0 Å². The first-order valence-corrected chi connectivity index (χ1v) is 12.3. The number of hydrogen-bond acceptors (Lipinski definition) is 6. The highest BCUT2D eigenvalue weighted by Gasteiger charge is 2.33. The summed E-state index contributed by atoms with van der Waals surface area (Å²) in [5.74, 6) is 1.58. The minimum Gasteiger partial charge on any atom is -0.377 e. The highest BCUT2D eigenvalue weighted by atomic mass is 32.2. The monoisotopic (exact) mass is 426 g/mol. The molecule has 2 aliphatic rings. The zero-order chi connectivity index (χ0) is 20.7. The highest BCUT2D eigenvalue weighted by Crippen LogP contribution is 2.36. The number of H-pyrrole nitrogens is 1. The number of nitrogens with zero attached hydrogens (tertiary/aromatic N) is 3. The summed E-state index contributed by atoms with van der Waals surface area (Å²) in [6, 6.07) is 10.0. The van der Waals surface area contributed by atoms with Crippen molar-refractivity contribution < 1.29 is 13.2 Å². The number of aromatic amines is 1. The molecule has 30 heavy (non-hydrogen) atoms. The SMILES string of the molecule is C[C@@H]1COCCN1c1cc(C2CCCCS2(=O)=O)nc(-c2cccc3[nH]ccc23)n1. The fourth-order valence-electron chi connectivity index (χ4n) is 4.52. The lowest BCUT2D eigenvalue weighted by atomic mass is 10.1. The number of ether oxygens (including phenoxy) is 1. The van der Waals surface area contributed by atoms with E-state index in [1.54, 1.807) is 0 Å². The van der Waals surface area contributed by atoms with Crippen molar-refractivity contribution in [1.29, 1.82) is 0 Å².